The van der Waals surface area contributed by atoms with E-state index in [1.165, 1.54) is 12.8 Å². The SMILES string of the molecule is CC1CC(OCc2ccc(C#N)cc2)CC(C)(C)C1. The molecule has 2 rings (SSSR count). The molecule has 0 spiro atoms. The Hall–Kier alpha value is -1.33. The molecule has 19 heavy (non-hydrogen) atoms. The standard InChI is InChI=1S/C17H23NO/c1-13-8-16(10-17(2,3)9-13)19-12-15-6-4-14(11-18)5-7-15/h4-7,13,16H,8-10,12H2,1-3H3. The second-order valence-electron chi connectivity index (χ2n) is 6.66. The topological polar surface area (TPSA) is 33.0 Å². The predicted molar refractivity (Wildman–Crippen MR) is 76.5 cm³/mol. The van der Waals surface area contributed by atoms with Crippen LogP contribution in [-0.2, 0) is 11.3 Å². The van der Waals surface area contributed by atoms with Gasteiger partial charge in [0.2, 0.25) is 0 Å². The minimum absolute atomic E-state index is 0.370. The first-order valence-electron chi connectivity index (χ1n) is 7.09. The van der Waals surface area contributed by atoms with Crippen molar-refractivity contribution in [3.05, 3.63) is 35.4 Å². The van der Waals surface area contributed by atoms with Crippen LogP contribution in [0.4, 0.5) is 0 Å². The number of hydrogen-bond acceptors (Lipinski definition) is 2. The average Bonchev–Trinajstić information content (AvgIpc) is 2.34. The maximum absolute atomic E-state index is 8.77. The van der Waals surface area contributed by atoms with Gasteiger partial charge in [-0.15, -0.1) is 0 Å². The second kappa shape index (κ2) is 5.75. The van der Waals surface area contributed by atoms with Gasteiger partial charge in [0.1, 0.15) is 0 Å². The summed E-state index contributed by atoms with van der Waals surface area (Å²) in [6.45, 7) is 7.64. The zero-order valence-electron chi connectivity index (χ0n) is 12.1. The van der Waals surface area contributed by atoms with Crippen molar-refractivity contribution in [3.8, 4) is 6.07 Å². The number of benzene rings is 1. The van der Waals surface area contributed by atoms with E-state index in [0.29, 0.717) is 23.7 Å². The molecule has 1 saturated carbocycles. The second-order valence-corrected chi connectivity index (χ2v) is 6.66. The molecule has 2 unspecified atom stereocenters. The Labute approximate surface area is 116 Å². The van der Waals surface area contributed by atoms with E-state index in [2.05, 4.69) is 26.8 Å². The van der Waals surface area contributed by atoms with Crippen molar-refractivity contribution in [2.75, 3.05) is 0 Å². The largest absolute Gasteiger partial charge is 0.374 e. The van der Waals surface area contributed by atoms with Crippen LogP contribution in [0.2, 0.25) is 0 Å². The van der Waals surface area contributed by atoms with Crippen LogP contribution in [0.3, 0.4) is 0 Å². The molecule has 1 aliphatic carbocycles. The van der Waals surface area contributed by atoms with Gasteiger partial charge in [0.25, 0.3) is 0 Å². The smallest absolute Gasteiger partial charge is 0.0991 e. The zero-order chi connectivity index (χ0) is 13.9. The van der Waals surface area contributed by atoms with Crippen LogP contribution in [0.25, 0.3) is 0 Å². The maximum Gasteiger partial charge on any atom is 0.0991 e. The fraction of sp³-hybridized carbons (Fsp3) is 0.588. The zero-order valence-corrected chi connectivity index (χ0v) is 12.1. The lowest BCUT2D eigenvalue weighted by molar-refractivity contribution is -0.0316. The van der Waals surface area contributed by atoms with Crippen molar-refractivity contribution in [1.29, 1.82) is 5.26 Å². The Balaban J connectivity index is 1.89. The first-order valence-corrected chi connectivity index (χ1v) is 7.09. The first kappa shape index (κ1) is 14.1. The van der Waals surface area contributed by atoms with E-state index in [0.717, 1.165) is 17.9 Å². The van der Waals surface area contributed by atoms with Gasteiger partial charge in [0.15, 0.2) is 0 Å². The fourth-order valence-corrected chi connectivity index (χ4v) is 3.27. The molecule has 1 aliphatic rings. The molecular weight excluding hydrogens is 234 g/mol. The Bertz CT molecular complexity index is 455. The van der Waals surface area contributed by atoms with Crippen LogP contribution in [0.5, 0.6) is 0 Å². The molecule has 1 aromatic carbocycles. The molecular formula is C17H23NO. The number of rotatable bonds is 3. The average molecular weight is 257 g/mol. The van der Waals surface area contributed by atoms with Gasteiger partial charge in [0, 0.05) is 0 Å². The molecule has 0 heterocycles. The highest BCUT2D eigenvalue weighted by atomic mass is 16.5. The lowest BCUT2D eigenvalue weighted by atomic mass is 9.71. The van der Waals surface area contributed by atoms with Crippen molar-refractivity contribution < 1.29 is 4.74 Å². The lowest BCUT2D eigenvalue weighted by Crippen LogP contribution is -2.32. The number of ether oxygens (including phenoxy) is 1. The summed E-state index contributed by atoms with van der Waals surface area (Å²) in [5, 5.41) is 8.77. The van der Waals surface area contributed by atoms with Crippen LogP contribution in [0.15, 0.2) is 24.3 Å². The maximum atomic E-state index is 8.77. The highest BCUT2D eigenvalue weighted by molar-refractivity contribution is 5.31. The quantitative estimate of drug-likeness (QED) is 0.809. The summed E-state index contributed by atoms with van der Waals surface area (Å²) in [5.41, 5.74) is 2.25. The third kappa shape index (κ3) is 4.08. The van der Waals surface area contributed by atoms with Crippen molar-refractivity contribution in [2.45, 2.75) is 52.7 Å². The normalized spacial score (nSPS) is 25.8. The van der Waals surface area contributed by atoms with Gasteiger partial charge in [-0.05, 0) is 48.3 Å². The Morgan fingerprint density at radius 1 is 1.26 bits per heavy atom. The Morgan fingerprint density at radius 2 is 1.95 bits per heavy atom. The van der Waals surface area contributed by atoms with Crippen LogP contribution in [0.1, 0.15) is 51.2 Å². The van der Waals surface area contributed by atoms with E-state index >= 15 is 0 Å². The lowest BCUT2D eigenvalue weighted by Gasteiger charge is -2.38. The van der Waals surface area contributed by atoms with E-state index in [9.17, 15) is 0 Å². The number of nitrogens with zero attached hydrogens (tertiary/aromatic N) is 1. The van der Waals surface area contributed by atoms with E-state index in [-0.39, 0.29) is 0 Å². The summed E-state index contributed by atoms with van der Waals surface area (Å²) in [5.74, 6) is 0.745. The molecule has 0 aliphatic heterocycles. The third-order valence-electron chi connectivity index (χ3n) is 3.92. The summed E-state index contributed by atoms with van der Waals surface area (Å²) in [6.07, 6.45) is 3.98. The molecule has 2 atom stereocenters. The van der Waals surface area contributed by atoms with Crippen LogP contribution in [-0.4, -0.2) is 6.10 Å². The molecule has 0 amide bonds. The van der Waals surface area contributed by atoms with E-state index in [4.69, 9.17) is 10.00 Å². The summed E-state index contributed by atoms with van der Waals surface area (Å²) in [4.78, 5) is 0. The molecule has 1 aromatic rings. The third-order valence-corrected chi connectivity index (χ3v) is 3.92. The van der Waals surface area contributed by atoms with Crippen molar-refractivity contribution in [3.63, 3.8) is 0 Å². The molecule has 0 radical (unpaired) electrons. The van der Waals surface area contributed by atoms with Crippen LogP contribution in [0, 0.1) is 22.7 Å². The summed E-state index contributed by atoms with van der Waals surface area (Å²) in [7, 11) is 0. The van der Waals surface area contributed by atoms with Gasteiger partial charge < -0.3 is 4.74 Å². The van der Waals surface area contributed by atoms with Gasteiger partial charge in [-0.25, -0.2) is 0 Å². The number of nitriles is 1. The van der Waals surface area contributed by atoms with Crippen molar-refractivity contribution in [1.82, 2.24) is 0 Å². The molecule has 2 heteroatoms. The van der Waals surface area contributed by atoms with Gasteiger partial charge in [0.05, 0.1) is 24.3 Å². The van der Waals surface area contributed by atoms with E-state index in [1.807, 2.05) is 24.3 Å². The monoisotopic (exact) mass is 257 g/mol. The summed E-state index contributed by atoms with van der Waals surface area (Å²) < 4.78 is 6.07. The number of hydrogen-bond donors (Lipinski definition) is 0. The van der Waals surface area contributed by atoms with Crippen molar-refractivity contribution in [2.24, 2.45) is 11.3 Å². The predicted octanol–water partition coefficient (Wildman–Crippen LogP) is 4.29. The van der Waals surface area contributed by atoms with Crippen molar-refractivity contribution >= 4 is 0 Å². The Kier molecular flexibility index (Phi) is 4.27. The highest BCUT2D eigenvalue weighted by Gasteiger charge is 2.32. The van der Waals surface area contributed by atoms with Gasteiger partial charge in [-0.1, -0.05) is 32.9 Å². The molecule has 102 valence electrons. The first-order chi connectivity index (χ1) is 8.98. The summed E-state index contributed by atoms with van der Waals surface area (Å²) in [6, 6.07) is 9.81. The molecule has 0 aromatic heterocycles. The molecule has 0 saturated heterocycles. The van der Waals surface area contributed by atoms with Gasteiger partial charge in [-0.2, -0.15) is 5.26 Å². The van der Waals surface area contributed by atoms with Crippen LogP contribution >= 0.6 is 0 Å². The fourth-order valence-electron chi connectivity index (χ4n) is 3.27. The minimum Gasteiger partial charge on any atom is -0.374 e. The van der Waals surface area contributed by atoms with E-state index < -0.39 is 0 Å². The van der Waals surface area contributed by atoms with E-state index in [1.54, 1.807) is 0 Å². The van der Waals surface area contributed by atoms with Gasteiger partial charge in [-0.3, -0.25) is 0 Å². The molecule has 2 nitrogen and oxygen atoms in total. The van der Waals surface area contributed by atoms with Crippen LogP contribution < -0.4 is 0 Å². The highest BCUT2D eigenvalue weighted by Crippen LogP contribution is 2.39. The summed E-state index contributed by atoms with van der Waals surface area (Å²) >= 11 is 0. The minimum atomic E-state index is 0.370. The Morgan fingerprint density at radius 3 is 2.53 bits per heavy atom. The van der Waals surface area contributed by atoms with Gasteiger partial charge >= 0.3 is 0 Å². The molecule has 0 bridgehead atoms. The molecule has 0 N–H and O–H groups in total. The molecule has 1 fully saturated rings.